The van der Waals surface area contributed by atoms with Gasteiger partial charge in [0.05, 0.1) is 6.04 Å². The molecule has 0 aromatic heterocycles. The third kappa shape index (κ3) is 20.9. The second-order valence-electron chi connectivity index (χ2n) is 18.0. The number of benzene rings is 3. The number of unbranched alkanes of at least 4 members (excludes halogenated alkanes) is 1. The zero-order valence-corrected chi connectivity index (χ0v) is 39.8. The molecule has 0 aliphatic heterocycles. The Morgan fingerprint density at radius 3 is 1.35 bits per heavy atom. The molecule has 0 aliphatic rings. The molecule has 19 heteroatoms. The summed E-state index contributed by atoms with van der Waals surface area (Å²) in [4.78, 5) is 108. The van der Waals surface area contributed by atoms with Crippen LogP contribution in [0.15, 0.2) is 84.9 Å². The highest BCUT2D eigenvalue weighted by atomic mass is 16.4. The zero-order chi connectivity index (χ0) is 51.0. The molecule has 0 radical (unpaired) electrons. The Hall–Kier alpha value is -6.86. The average Bonchev–Trinajstić information content (AvgIpc) is 3.29. The number of phenolic OH excluding ortho intramolecular Hbond substituents is 1. The maximum Gasteiger partial charge on any atom is 0.326 e. The summed E-state index contributed by atoms with van der Waals surface area (Å²) in [6.07, 6.45) is 0.211. The third-order valence-electron chi connectivity index (χ3n) is 11.1. The number of hydrogen-bond acceptors (Lipinski definition) is 11. The fourth-order valence-electron chi connectivity index (χ4n) is 7.43. The van der Waals surface area contributed by atoms with E-state index in [9.17, 15) is 53.7 Å². The Balaban J connectivity index is 1.96. The van der Waals surface area contributed by atoms with Crippen LogP contribution in [-0.2, 0) is 57.6 Å². The van der Waals surface area contributed by atoms with E-state index in [-0.39, 0.29) is 69.1 Å². The normalized spacial score (nSPS) is 14.2. The summed E-state index contributed by atoms with van der Waals surface area (Å²) in [5.41, 5.74) is 13.8. The van der Waals surface area contributed by atoms with Crippen LogP contribution >= 0.6 is 0 Å². The van der Waals surface area contributed by atoms with Gasteiger partial charge in [-0.25, -0.2) is 4.79 Å². The van der Waals surface area contributed by atoms with Gasteiger partial charge in [0, 0.05) is 19.3 Å². The lowest BCUT2D eigenvalue weighted by Crippen LogP contribution is -2.60. The number of rotatable bonds is 30. The van der Waals surface area contributed by atoms with Gasteiger partial charge in [0.25, 0.3) is 0 Å². The zero-order valence-electron chi connectivity index (χ0n) is 39.8. The van der Waals surface area contributed by atoms with E-state index in [2.05, 4.69) is 31.9 Å². The number of nitrogens with two attached hydrogens (primary N) is 2. The minimum Gasteiger partial charge on any atom is -0.508 e. The summed E-state index contributed by atoms with van der Waals surface area (Å²) >= 11 is 0. The predicted molar refractivity (Wildman–Crippen MR) is 258 cm³/mol. The molecule has 0 saturated heterocycles. The van der Waals surface area contributed by atoms with Crippen LogP contribution in [0.4, 0.5) is 0 Å². The van der Waals surface area contributed by atoms with E-state index in [0.717, 1.165) is 5.56 Å². The van der Waals surface area contributed by atoms with Crippen LogP contribution in [0.25, 0.3) is 0 Å². The number of aromatic hydroxyl groups is 1. The third-order valence-corrected chi connectivity index (χ3v) is 11.1. The van der Waals surface area contributed by atoms with Gasteiger partial charge in [0.2, 0.25) is 35.4 Å². The lowest BCUT2D eigenvalue weighted by atomic mass is 9.99. The van der Waals surface area contributed by atoms with E-state index in [1.807, 2.05) is 27.7 Å². The molecular formula is C50H70N8O11. The second kappa shape index (κ2) is 29.1. The van der Waals surface area contributed by atoms with Crippen molar-refractivity contribution >= 4 is 47.4 Å². The lowest BCUT2D eigenvalue weighted by molar-refractivity contribution is -0.143. The molecule has 0 spiro atoms. The lowest BCUT2D eigenvalue weighted by Gasteiger charge is -2.28. The Kier molecular flexibility index (Phi) is 23.8. The molecule has 7 atom stereocenters. The molecule has 0 aliphatic carbocycles. The molecule has 69 heavy (non-hydrogen) atoms. The summed E-state index contributed by atoms with van der Waals surface area (Å²) in [6, 6.07) is 14.4. The van der Waals surface area contributed by atoms with Crippen molar-refractivity contribution in [1.29, 1.82) is 0 Å². The maximum absolute atomic E-state index is 14.5. The minimum atomic E-state index is -1.43. The first-order chi connectivity index (χ1) is 32.8. The van der Waals surface area contributed by atoms with Gasteiger partial charge in [-0.05, 0) is 92.1 Å². The highest BCUT2D eigenvalue weighted by molar-refractivity contribution is 5.97. The Bertz CT molecular complexity index is 2140. The summed E-state index contributed by atoms with van der Waals surface area (Å²) in [7, 11) is 0. The largest absolute Gasteiger partial charge is 0.508 e. The van der Waals surface area contributed by atoms with Crippen molar-refractivity contribution in [3.05, 3.63) is 102 Å². The minimum absolute atomic E-state index is 0.0597. The standard InChI is InChI=1S/C50H70N8O11/c1-30(2)25-39(47(65)58-42(50(68)69)26-31(3)4)55-45(63)37(17-11-12-24-51)54-48(66)41(29-34-18-20-35(59)21-19-34)57-49(67)40(28-33-15-9-6-10-16-33)56-46(64)38(22-23-43(60)61)53-44(62)36(52)27-32-13-7-5-8-14-32/h5-10,13-16,18-21,30-31,36-42,59H,11-12,17,22-29,51-52H2,1-4H3,(H,53,62)(H,54,66)(H,55,63)(H,56,64)(H,57,67)(H,58,65)(H,60,61)(H,68,69)/t36-,37-,38-,39-,40-,41-,42-/m0/s1. The van der Waals surface area contributed by atoms with Gasteiger partial charge in [-0.15, -0.1) is 0 Å². The number of carbonyl (C=O) groups is 8. The summed E-state index contributed by atoms with van der Waals surface area (Å²) in [5.74, 6) is -7.42. The molecule has 0 fully saturated rings. The van der Waals surface area contributed by atoms with E-state index in [4.69, 9.17) is 11.5 Å². The van der Waals surface area contributed by atoms with Gasteiger partial charge >= 0.3 is 11.9 Å². The summed E-state index contributed by atoms with van der Waals surface area (Å²) < 4.78 is 0. The molecule has 0 saturated carbocycles. The monoisotopic (exact) mass is 959 g/mol. The van der Waals surface area contributed by atoms with Crippen LogP contribution in [0.2, 0.25) is 0 Å². The van der Waals surface area contributed by atoms with Crippen LogP contribution < -0.4 is 43.4 Å². The number of amides is 6. The van der Waals surface area contributed by atoms with E-state index in [1.54, 1.807) is 60.7 Å². The van der Waals surface area contributed by atoms with Gasteiger partial charge < -0.3 is 58.7 Å². The van der Waals surface area contributed by atoms with Crippen LogP contribution in [0.1, 0.15) is 89.3 Å². The number of hydrogen-bond donors (Lipinski definition) is 11. The fraction of sp³-hybridized carbons (Fsp3) is 0.480. The second-order valence-corrected chi connectivity index (χ2v) is 18.0. The first-order valence-electron chi connectivity index (χ1n) is 23.3. The number of carboxylic acids is 2. The van der Waals surface area contributed by atoms with Gasteiger partial charge in [0.1, 0.15) is 42.0 Å². The molecule has 0 heterocycles. The number of aliphatic carboxylic acids is 2. The predicted octanol–water partition coefficient (Wildman–Crippen LogP) is 1.83. The van der Waals surface area contributed by atoms with Crippen molar-refractivity contribution < 1.29 is 53.7 Å². The maximum atomic E-state index is 14.5. The Labute approximate surface area is 403 Å². The van der Waals surface area contributed by atoms with E-state index < -0.39 is 96.1 Å². The summed E-state index contributed by atoms with van der Waals surface area (Å²) in [6.45, 7) is 7.56. The molecule has 6 amide bonds. The van der Waals surface area contributed by atoms with Crippen LogP contribution in [0, 0.1) is 11.8 Å². The average molecular weight is 959 g/mol. The first kappa shape index (κ1) is 56.5. The molecule has 3 aromatic rings. The molecule has 3 rings (SSSR count). The van der Waals surface area contributed by atoms with Crippen LogP contribution in [0.5, 0.6) is 5.75 Å². The number of carbonyl (C=O) groups excluding carboxylic acids is 6. The van der Waals surface area contributed by atoms with Crippen molar-refractivity contribution in [3.63, 3.8) is 0 Å². The Morgan fingerprint density at radius 2 is 0.870 bits per heavy atom. The van der Waals surface area contributed by atoms with Crippen molar-refractivity contribution in [1.82, 2.24) is 31.9 Å². The molecule has 19 nitrogen and oxygen atoms in total. The summed E-state index contributed by atoms with van der Waals surface area (Å²) in [5, 5.41) is 45.2. The molecule has 0 bridgehead atoms. The van der Waals surface area contributed by atoms with Crippen molar-refractivity contribution in [2.24, 2.45) is 23.3 Å². The first-order valence-corrected chi connectivity index (χ1v) is 23.3. The fourth-order valence-corrected chi connectivity index (χ4v) is 7.43. The quantitative estimate of drug-likeness (QED) is 0.0426. The van der Waals surface area contributed by atoms with Crippen molar-refractivity contribution in [2.45, 2.75) is 134 Å². The van der Waals surface area contributed by atoms with Crippen molar-refractivity contribution in [3.8, 4) is 5.75 Å². The highest BCUT2D eigenvalue weighted by Gasteiger charge is 2.34. The Morgan fingerprint density at radius 1 is 0.478 bits per heavy atom. The number of phenols is 1. The van der Waals surface area contributed by atoms with Gasteiger partial charge in [-0.2, -0.15) is 0 Å². The van der Waals surface area contributed by atoms with Crippen molar-refractivity contribution in [2.75, 3.05) is 6.54 Å². The van der Waals surface area contributed by atoms with Gasteiger partial charge in [-0.3, -0.25) is 33.6 Å². The van der Waals surface area contributed by atoms with Crippen LogP contribution in [0.3, 0.4) is 0 Å². The molecule has 0 unspecified atom stereocenters. The van der Waals surface area contributed by atoms with E-state index in [1.165, 1.54) is 24.3 Å². The van der Waals surface area contributed by atoms with E-state index in [0.29, 0.717) is 24.0 Å². The van der Waals surface area contributed by atoms with E-state index >= 15 is 0 Å². The number of carboxylic acid groups (broad SMARTS) is 2. The topological polar surface area (TPSA) is 321 Å². The molecular weight excluding hydrogens is 889 g/mol. The van der Waals surface area contributed by atoms with Gasteiger partial charge in [-0.1, -0.05) is 100 Å². The molecule has 376 valence electrons. The SMILES string of the molecule is CC(C)C[C@H](NC(=O)[C@H](CC(C)C)NC(=O)[C@H](CCCCN)NC(=O)[C@H](Cc1ccc(O)cc1)NC(=O)[C@H](Cc1ccccc1)NC(=O)[C@H](CCC(=O)O)NC(=O)[C@@H](N)Cc1ccccc1)C(=O)O. The smallest absolute Gasteiger partial charge is 0.326 e. The number of nitrogens with one attached hydrogen (secondary N) is 6. The van der Waals surface area contributed by atoms with Crippen LogP contribution in [-0.4, -0.2) is 112 Å². The molecule has 3 aromatic carbocycles. The molecule has 13 N–H and O–H groups in total. The van der Waals surface area contributed by atoms with Gasteiger partial charge in [0.15, 0.2) is 0 Å². The highest BCUT2D eigenvalue weighted by Crippen LogP contribution is 2.15.